The molecular weight excluding hydrogens is 260 g/mol. The predicted molar refractivity (Wildman–Crippen MR) is 79.2 cm³/mol. The summed E-state index contributed by atoms with van der Waals surface area (Å²) in [7, 11) is 3.25. The Morgan fingerprint density at radius 2 is 2.00 bits per heavy atom. The Labute approximate surface area is 119 Å². The Hall–Kier alpha value is -0.870. The van der Waals surface area contributed by atoms with Crippen LogP contribution in [0.3, 0.4) is 0 Å². The summed E-state index contributed by atoms with van der Waals surface area (Å²) in [5.41, 5.74) is 0.841. The van der Waals surface area contributed by atoms with Gasteiger partial charge in [0.05, 0.1) is 20.3 Å². The fourth-order valence-electron chi connectivity index (χ4n) is 2.47. The molecule has 106 valence electrons. The summed E-state index contributed by atoms with van der Waals surface area (Å²) >= 11 is 1.88. The van der Waals surface area contributed by atoms with Crippen molar-refractivity contribution >= 4 is 11.8 Å². The number of hydrogen-bond acceptors (Lipinski definition) is 4. The summed E-state index contributed by atoms with van der Waals surface area (Å²) in [5.74, 6) is 2.17. The third-order valence-electron chi connectivity index (χ3n) is 3.59. The van der Waals surface area contributed by atoms with Crippen LogP contribution in [0.5, 0.6) is 11.5 Å². The van der Waals surface area contributed by atoms with Gasteiger partial charge in [0.2, 0.25) is 0 Å². The van der Waals surface area contributed by atoms with Crippen LogP contribution in [-0.2, 0) is 0 Å². The molecule has 19 heavy (non-hydrogen) atoms. The van der Waals surface area contributed by atoms with Gasteiger partial charge in [0.25, 0.3) is 0 Å². The maximum Gasteiger partial charge on any atom is 0.128 e. The zero-order valence-electron chi connectivity index (χ0n) is 11.6. The van der Waals surface area contributed by atoms with Crippen molar-refractivity contribution in [3.05, 3.63) is 23.8 Å². The highest BCUT2D eigenvalue weighted by Gasteiger charge is 2.19. The van der Waals surface area contributed by atoms with Crippen molar-refractivity contribution in [3.63, 3.8) is 0 Å². The minimum absolute atomic E-state index is 0.480. The molecule has 1 fully saturated rings. The van der Waals surface area contributed by atoms with Gasteiger partial charge in [-0.3, -0.25) is 0 Å². The third kappa shape index (κ3) is 3.80. The number of hydrogen-bond donors (Lipinski definition) is 1. The molecule has 0 amide bonds. The van der Waals surface area contributed by atoms with Gasteiger partial charge in [-0.05, 0) is 25.0 Å². The smallest absolute Gasteiger partial charge is 0.128 e. The molecule has 0 radical (unpaired) electrons. The van der Waals surface area contributed by atoms with Gasteiger partial charge >= 0.3 is 0 Å². The van der Waals surface area contributed by atoms with E-state index in [4.69, 9.17) is 9.47 Å². The number of ether oxygens (including phenoxy) is 2. The molecule has 1 aliphatic carbocycles. The lowest BCUT2D eigenvalue weighted by atomic mass is 10.1. The summed E-state index contributed by atoms with van der Waals surface area (Å²) in [4.78, 5) is 0. The van der Waals surface area contributed by atoms with Crippen LogP contribution in [0.25, 0.3) is 0 Å². The van der Waals surface area contributed by atoms with Crippen LogP contribution < -0.4 is 9.47 Å². The SMILES string of the molecule is COc1ccc(C(O)CSC2CCCC2)c(OC)c1. The Morgan fingerprint density at radius 3 is 2.63 bits per heavy atom. The Balaban J connectivity index is 1.98. The molecule has 2 rings (SSSR count). The summed E-state index contributed by atoms with van der Waals surface area (Å²) in [6.45, 7) is 0. The monoisotopic (exact) mass is 282 g/mol. The fraction of sp³-hybridized carbons (Fsp3) is 0.600. The van der Waals surface area contributed by atoms with Crippen molar-refractivity contribution in [2.75, 3.05) is 20.0 Å². The quantitative estimate of drug-likeness (QED) is 0.868. The van der Waals surface area contributed by atoms with E-state index in [9.17, 15) is 5.11 Å². The van der Waals surface area contributed by atoms with E-state index >= 15 is 0 Å². The normalized spacial score (nSPS) is 17.4. The van der Waals surface area contributed by atoms with E-state index in [1.807, 2.05) is 30.0 Å². The Morgan fingerprint density at radius 1 is 1.26 bits per heavy atom. The molecule has 0 spiro atoms. The fourth-order valence-corrected chi connectivity index (χ4v) is 3.77. The second-order valence-electron chi connectivity index (χ2n) is 4.86. The van der Waals surface area contributed by atoms with E-state index in [-0.39, 0.29) is 0 Å². The highest BCUT2D eigenvalue weighted by Crippen LogP contribution is 2.35. The van der Waals surface area contributed by atoms with Crippen molar-refractivity contribution in [2.45, 2.75) is 37.0 Å². The van der Waals surface area contributed by atoms with Crippen LogP contribution in [0.2, 0.25) is 0 Å². The molecule has 0 aromatic heterocycles. The maximum absolute atomic E-state index is 10.3. The molecule has 4 heteroatoms. The van der Waals surface area contributed by atoms with Crippen molar-refractivity contribution in [2.24, 2.45) is 0 Å². The molecule has 0 saturated heterocycles. The van der Waals surface area contributed by atoms with Crippen LogP contribution in [0.4, 0.5) is 0 Å². The average molecular weight is 282 g/mol. The number of methoxy groups -OCH3 is 2. The van der Waals surface area contributed by atoms with Crippen molar-refractivity contribution in [1.82, 2.24) is 0 Å². The van der Waals surface area contributed by atoms with E-state index in [2.05, 4.69) is 0 Å². The van der Waals surface area contributed by atoms with Crippen LogP contribution in [0.15, 0.2) is 18.2 Å². The van der Waals surface area contributed by atoms with Gasteiger partial charge in [-0.1, -0.05) is 12.8 Å². The molecule has 0 bridgehead atoms. The number of thioether (sulfide) groups is 1. The van der Waals surface area contributed by atoms with Gasteiger partial charge in [0.15, 0.2) is 0 Å². The molecule has 3 nitrogen and oxygen atoms in total. The molecule has 1 aromatic carbocycles. The molecule has 1 aromatic rings. The van der Waals surface area contributed by atoms with Crippen LogP contribution in [0, 0.1) is 0 Å². The van der Waals surface area contributed by atoms with Gasteiger partial charge in [0.1, 0.15) is 11.5 Å². The van der Waals surface area contributed by atoms with E-state index in [1.54, 1.807) is 14.2 Å². The van der Waals surface area contributed by atoms with Crippen LogP contribution in [0.1, 0.15) is 37.4 Å². The summed E-state index contributed by atoms with van der Waals surface area (Å²) in [6.07, 6.45) is 4.76. The summed E-state index contributed by atoms with van der Waals surface area (Å²) < 4.78 is 10.5. The standard InChI is InChI=1S/C15H22O3S/c1-17-11-7-8-13(15(9-11)18-2)14(16)10-19-12-5-3-4-6-12/h7-9,12,14,16H,3-6,10H2,1-2H3. The van der Waals surface area contributed by atoms with Gasteiger partial charge in [-0.2, -0.15) is 11.8 Å². The van der Waals surface area contributed by atoms with Gasteiger partial charge in [-0.15, -0.1) is 0 Å². The van der Waals surface area contributed by atoms with Crippen molar-refractivity contribution in [1.29, 1.82) is 0 Å². The molecular formula is C15H22O3S. The highest BCUT2D eigenvalue weighted by molar-refractivity contribution is 7.99. The first kappa shape index (κ1) is 14.5. The second-order valence-corrected chi connectivity index (χ2v) is 6.20. The van der Waals surface area contributed by atoms with Crippen LogP contribution in [-0.4, -0.2) is 30.3 Å². The Bertz CT molecular complexity index is 402. The lowest BCUT2D eigenvalue weighted by molar-refractivity contribution is 0.198. The zero-order valence-corrected chi connectivity index (χ0v) is 12.4. The molecule has 1 saturated carbocycles. The molecule has 1 unspecified atom stereocenters. The molecule has 1 atom stereocenters. The summed E-state index contributed by atoms with van der Waals surface area (Å²) in [6, 6.07) is 5.57. The molecule has 1 aliphatic rings. The average Bonchev–Trinajstić information content (AvgIpc) is 2.97. The van der Waals surface area contributed by atoms with Crippen LogP contribution >= 0.6 is 11.8 Å². The first-order valence-electron chi connectivity index (χ1n) is 6.76. The minimum Gasteiger partial charge on any atom is -0.497 e. The minimum atomic E-state index is -0.480. The topological polar surface area (TPSA) is 38.7 Å². The third-order valence-corrected chi connectivity index (χ3v) is 5.04. The maximum atomic E-state index is 10.3. The largest absolute Gasteiger partial charge is 0.497 e. The molecule has 0 heterocycles. The first-order chi connectivity index (χ1) is 9.24. The number of aliphatic hydroxyl groups is 1. The van der Waals surface area contributed by atoms with E-state index < -0.39 is 6.10 Å². The van der Waals surface area contributed by atoms with Crippen molar-refractivity contribution in [3.8, 4) is 11.5 Å². The molecule has 0 aliphatic heterocycles. The lowest BCUT2D eigenvalue weighted by Crippen LogP contribution is -2.06. The van der Waals surface area contributed by atoms with Gasteiger partial charge in [0, 0.05) is 22.6 Å². The van der Waals surface area contributed by atoms with E-state index in [0.717, 1.165) is 22.3 Å². The number of aliphatic hydroxyl groups excluding tert-OH is 1. The predicted octanol–water partition coefficient (Wildman–Crippen LogP) is 3.41. The highest BCUT2D eigenvalue weighted by atomic mass is 32.2. The first-order valence-corrected chi connectivity index (χ1v) is 7.81. The van der Waals surface area contributed by atoms with Gasteiger partial charge < -0.3 is 14.6 Å². The van der Waals surface area contributed by atoms with E-state index in [1.165, 1.54) is 25.7 Å². The Kier molecular flexibility index (Phi) is 5.40. The van der Waals surface area contributed by atoms with E-state index in [0.29, 0.717) is 5.75 Å². The number of benzene rings is 1. The van der Waals surface area contributed by atoms with Crippen molar-refractivity contribution < 1.29 is 14.6 Å². The van der Waals surface area contributed by atoms with Gasteiger partial charge in [-0.25, -0.2) is 0 Å². The second kappa shape index (κ2) is 7.06. The zero-order chi connectivity index (χ0) is 13.7. The molecule has 1 N–H and O–H groups in total. The lowest BCUT2D eigenvalue weighted by Gasteiger charge is -2.17. The number of rotatable bonds is 6. The summed E-state index contributed by atoms with van der Waals surface area (Å²) in [5, 5.41) is 11.0.